The van der Waals surface area contributed by atoms with Crippen molar-refractivity contribution < 1.29 is 14.1 Å². The Morgan fingerprint density at radius 1 is 1.23 bits per heavy atom. The van der Waals surface area contributed by atoms with E-state index in [1.165, 1.54) is 11.8 Å². The van der Waals surface area contributed by atoms with Crippen molar-refractivity contribution >= 4 is 17.8 Å². The molecule has 3 heterocycles. The molecule has 2 aromatic heterocycles. The van der Waals surface area contributed by atoms with Gasteiger partial charge in [-0.05, 0) is 56.0 Å². The Labute approximate surface area is 181 Å². The summed E-state index contributed by atoms with van der Waals surface area (Å²) in [5.41, 5.74) is 3.97. The number of likely N-dealkylation sites (tertiary alicyclic amines) is 1. The smallest absolute Gasteiger partial charge is 0.322 e. The maximum Gasteiger partial charge on any atom is 0.322 e. The molecule has 2 amide bonds. The molecule has 0 aliphatic carbocycles. The van der Waals surface area contributed by atoms with Crippen molar-refractivity contribution in [3.05, 3.63) is 71.4 Å². The van der Waals surface area contributed by atoms with Gasteiger partial charge >= 0.3 is 6.03 Å². The van der Waals surface area contributed by atoms with E-state index in [2.05, 4.69) is 34.5 Å². The third-order valence-electron chi connectivity index (χ3n) is 5.41. The highest BCUT2D eigenvalue weighted by Crippen LogP contribution is 2.28. The third-order valence-corrected chi connectivity index (χ3v) is 5.41. The van der Waals surface area contributed by atoms with Gasteiger partial charge in [-0.2, -0.15) is 0 Å². The molecule has 7 heteroatoms. The van der Waals surface area contributed by atoms with Crippen LogP contribution in [-0.2, 0) is 0 Å². The van der Waals surface area contributed by atoms with E-state index in [0.717, 1.165) is 23.4 Å². The van der Waals surface area contributed by atoms with Crippen molar-refractivity contribution in [1.82, 2.24) is 15.0 Å². The summed E-state index contributed by atoms with van der Waals surface area (Å²) in [7, 11) is 0. The van der Waals surface area contributed by atoms with Crippen LogP contribution in [0.15, 0.2) is 58.9 Å². The Morgan fingerprint density at radius 3 is 2.81 bits per heavy atom. The minimum Gasteiger partial charge on any atom is -0.456 e. The summed E-state index contributed by atoms with van der Waals surface area (Å²) in [5.74, 6) is 2.34. The fourth-order valence-electron chi connectivity index (χ4n) is 3.59. The molecule has 4 rings (SSSR count). The molecule has 1 N–H and O–H groups in total. The van der Waals surface area contributed by atoms with Gasteiger partial charge in [-0.1, -0.05) is 35.9 Å². The van der Waals surface area contributed by atoms with Gasteiger partial charge in [-0.25, -0.2) is 4.79 Å². The summed E-state index contributed by atoms with van der Waals surface area (Å²) in [6.07, 6.45) is 6.27. The number of aryl methyl sites for hydroxylation is 2. The van der Waals surface area contributed by atoms with E-state index in [-0.39, 0.29) is 11.9 Å². The summed E-state index contributed by atoms with van der Waals surface area (Å²) in [5, 5.41) is 6.57. The number of amides is 2. The Morgan fingerprint density at radius 2 is 2.10 bits per heavy atom. The monoisotopic (exact) mass is 418 g/mol. The molecular formula is C24H26N4O3. The van der Waals surface area contributed by atoms with Crippen molar-refractivity contribution in [3.63, 3.8) is 0 Å². The second-order valence-electron chi connectivity index (χ2n) is 7.85. The predicted octanol–water partition coefficient (Wildman–Crippen LogP) is 5.44. The first-order valence-electron chi connectivity index (χ1n) is 10.4. The molecule has 160 valence electrons. The molecule has 1 fully saturated rings. The molecular weight excluding hydrogens is 392 g/mol. The summed E-state index contributed by atoms with van der Waals surface area (Å²) in [4.78, 5) is 18.7. The summed E-state index contributed by atoms with van der Waals surface area (Å²) < 4.78 is 10.9. The van der Waals surface area contributed by atoms with E-state index in [1.54, 1.807) is 13.1 Å². The van der Waals surface area contributed by atoms with Gasteiger partial charge in [0.25, 0.3) is 0 Å². The average Bonchev–Trinajstić information content (AvgIpc) is 3.16. The van der Waals surface area contributed by atoms with Crippen LogP contribution < -0.4 is 10.1 Å². The quantitative estimate of drug-likeness (QED) is 0.610. The van der Waals surface area contributed by atoms with Gasteiger partial charge in [0.15, 0.2) is 5.76 Å². The van der Waals surface area contributed by atoms with Gasteiger partial charge in [0.2, 0.25) is 0 Å². The number of piperidine rings is 1. The lowest BCUT2D eigenvalue weighted by Crippen LogP contribution is -2.42. The third kappa shape index (κ3) is 5.12. The molecule has 1 aromatic carbocycles. The van der Waals surface area contributed by atoms with E-state index in [4.69, 9.17) is 9.26 Å². The van der Waals surface area contributed by atoms with Crippen molar-refractivity contribution in [2.75, 3.05) is 18.4 Å². The van der Waals surface area contributed by atoms with Crippen molar-refractivity contribution in [2.45, 2.75) is 27.2 Å². The molecule has 1 aliphatic rings. The lowest BCUT2D eigenvalue weighted by atomic mass is 9.91. The van der Waals surface area contributed by atoms with Crippen LogP contribution in [0.25, 0.3) is 6.08 Å². The number of carbonyl (C=O) groups excluding carboxylic acids is 1. The van der Waals surface area contributed by atoms with Gasteiger partial charge in [0.1, 0.15) is 17.2 Å². The van der Waals surface area contributed by atoms with Crippen LogP contribution in [0.2, 0.25) is 0 Å². The van der Waals surface area contributed by atoms with Gasteiger partial charge in [-0.15, -0.1) is 0 Å². The molecule has 0 saturated carbocycles. The van der Waals surface area contributed by atoms with Crippen molar-refractivity contribution in [2.24, 2.45) is 5.92 Å². The van der Waals surface area contributed by atoms with Crippen LogP contribution in [0.1, 0.15) is 30.4 Å². The van der Waals surface area contributed by atoms with Crippen LogP contribution in [0.5, 0.6) is 11.5 Å². The normalized spacial score (nSPS) is 17.6. The Balaban J connectivity index is 1.40. The van der Waals surface area contributed by atoms with Gasteiger partial charge < -0.3 is 19.5 Å². The largest absolute Gasteiger partial charge is 0.456 e. The number of carbonyl (C=O) groups is 1. The number of hydrogen-bond donors (Lipinski definition) is 1. The summed E-state index contributed by atoms with van der Waals surface area (Å²) in [6, 6.07) is 11.7. The number of urea groups is 1. The SMILES string of the molecule is Cc1ccc(Oc2cccc(/C=C3\CCN(C(=O)Nc4cnoc4C)CC3C)c2)cn1. The Kier molecular flexibility index (Phi) is 6.02. The Hall–Kier alpha value is -3.61. The summed E-state index contributed by atoms with van der Waals surface area (Å²) >= 11 is 0. The molecule has 1 atom stereocenters. The highest BCUT2D eigenvalue weighted by Gasteiger charge is 2.25. The highest BCUT2D eigenvalue weighted by atomic mass is 16.5. The number of hydrogen-bond acceptors (Lipinski definition) is 5. The number of nitrogens with zero attached hydrogens (tertiary/aromatic N) is 3. The first-order chi connectivity index (χ1) is 15.0. The number of benzene rings is 1. The first-order valence-corrected chi connectivity index (χ1v) is 10.4. The maximum atomic E-state index is 12.6. The minimum atomic E-state index is -0.126. The predicted molar refractivity (Wildman–Crippen MR) is 119 cm³/mol. The second-order valence-corrected chi connectivity index (χ2v) is 7.85. The van der Waals surface area contributed by atoms with Crippen LogP contribution in [-0.4, -0.2) is 34.2 Å². The van der Waals surface area contributed by atoms with Crippen LogP contribution in [0, 0.1) is 19.8 Å². The minimum absolute atomic E-state index is 0.126. The summed E-state index contributed by atoms with van der Waals surface area (Å²) in [6.45, 7) is 7.19. The molecule has 0 spiro atoms. The van der Waals surface area contributed by atoms with Gasteiger partial charge in [0.05, 0.1) is 12.4 Å². The van der Waals surface area contributed by atoms with Crippen LogP contribution in [0.3, 0.4) is 0 Å². The molecule has 3 aromatic rings. The molecule has 31 heavy (non-hydrogen) atoms. The number of rotatable bonds is 4. The lowest BCUT2D eigenvalue weighted by Gasteiger charge is -2.33. The van der Waals surface area contributed by atoms with E-state index >= 15 is 0 Å². The highest BCUT2D eigenvalue weighted by molar-refractivity contribution is 5.89. The van der Waals surface area contributed by atoms with Gasteiger partial charge in [0, 0.05) is 18.8 Å². The van der Waals surface area contributed by atoms with Crippen LogP contribution in [0.4, 0.5) is 10.5 Å². The maximum absolute atomic E-state index is 12.6. The number of ether oxygens (including phenoxy) is 1. The molecule has 7 nitrogen and oxygen atoms in total. The lowest BCUT2D eigenvalue weighted by molar-refractivity contribution is 0.197. The fourth-order valence-corrected chi connectivity index (χ4v) is 3.59. The number of aromatic nitrogens is 2. The van der Waals surface area contributed by atoms with Crippen LogP contribution >= 0.6 is 0 Å². The number of nitrogens with one attached hydrogen (secondary N) is 1. The zero-order chi connectivity index (χ0) is 21.8. The van der Waals surface area contributed by atoms with Gasteiger partial charge in [-0.3, -0.25) is 4.98 Å². The zero-order valence-corrected chi connectivity index (χ0v) is 18.0. The topological polar surface area (TPSA) is 80.5 Å². The van der Waals surface area contributed by atoms with E-state index in [9.17, 15) is 4.79 Å². The second kappa shape index (κ2) is 9.04. The standard InChI is InChI=1S/C24H26N4O3/c1-16-15-28(24(29)27-23-14-26-31-18(23)3)10-9-20(16)11-19-5-4-6-21(12-19)30-22-8-7-17(2)25-13-22/h4-8,11-14,16H,9-10,15H2,1-3H3,(H,27,29)/b20-11+. The van der Waals surface area contributed by atoms with E-state index in [0.29, 0.717) is 30.3 Å². The molecule has 1 aliphatic heterocycles. The molecule has 1 unspecified atom stereocenters. The zero-order valence-electron chi connectivity index (χ0n) is 18.0. The van der Waals surface area contributed by atoms with Crippen molar-refractivity contribution in [1.29, 1.82) is 0 Å². The number of pyridine rings is 1. The van der Waals surface area contributed by atoms with Crippen molar-refractivity contribution in [3.8, 4) is 11.5 Å². The fraction of sp³-hybridized carbons (Fsp3) is 0.292. The average molecular weight is 418 g/mol. The molecule has 0 radical (unpaired) electrons. The number of anilines is 1. The first kappa shape index (κ1) is 20.7. The molecule has 0 bridgehead atoms. The van der Waals surface area contributed by atoms with E-state index < -0.39 is 0 Å². The Bertz CT molecular complexity index is 1090. The van der Waals surface area contributed by atoms with E-state index in [1.807, 2.05) is 42.2 Å². The molecule has 1 saturated heterocycles.